The van der Waals surface area contributed by atoms with Crippen molar-refractivity contribution in [3.63, 3.8) is 0 Å². The summed E-state index contributed by atoms with van der Waals surface area (Å²) in [4.78, 5) is 0. The first kappa shape index (κ1) is 77.8. The number of ether oxygens (including phenoxy) is 3. The van der Waals surface area contributed by atoms with Gasteiger partial charge in [-0.15, -0.1) is 0 Å². The second-order valence-corrected chi connectivity index (χ2v) is 57.1. The predicted molar refractivity (Wildman–Crippen MR) is 398 cm³/mol. The first-order valence-corrected chi connectivity index (χ1v) is 50.6. The van der Waals surface area contributed by atoms with Gasteiger partial charge in [0.1, 0.15) is 29.3 Å². The molecule has 0 unspecified atom stereocenters. The zero-order valence-corrected chi connectivity index (χ0v) is 66.5. The van der Waals surface area contributed by atoms with Crippen molar-refractivity contribution >= 4 is 64.8 Å². The first-order valence-electron chi connectivity index (χ1n) is 35.2. The van der Waals surface area contributed by atoms with Crippen molar-refractivity contribution in [2.45, 2.75) is 302 Å². The van der Waals surface area contributed by atoms with Gasteiger partial charge < -0.3 is 36.3 Å². The topological polar surface area (TPSA) is 73.8 Å². The van der Waals surface area contributed by atoms with Crippen molar-refractivity contribution in [2.24, 2.45) is 11.8 Å². The average Bonchev–Trinajstić information content (AvgIpc) is 2.27. The molecule has 0 bridgehead atoms. The molecule has 0 radical (unpaired) electrons. The van der Waals surface area contributed by atoms with Gasteiger partial charge in [-0.05, 0) is 159 Å². The monoisotopic (exact) mass is 1330 g/mol. The quantitative estimate of drug-likeness (QED) is 0.0187. The molecule has 2 saturated heterocycles. The van der Waals surface area contributed by atoms with Gasteiger partial charge in [-0.3, -0.25) is 0 Å². The summed E-state index contributed by atoms with van der Waals surface area (Å²) >= 11 is 0. The van der Waals surface area contributed by atoms with Gasteiger partial charge in [-0.1, -0.05) is 209 Å². The van der Waals surface area contributed by atoms with Crippen LogP contribution in [0.25, 0.3) is 0 Å². The zero-order chi connectivity index (χ0) is 66.3. The van der Waals surface area contributed by atoms with Gasteiger partial charge in [0, 0.05) is 25.4 Å². The number of allylic oxidation sites excluding steroid dienone is 2. The van der Waals surface area contributed by atoms with Gasteiger partial charge in [0.15, 0.2) is 47.4 Å². The van der Waals surface area contributed by atoms with Gasteiger partial charge in [-0.25, -0.2) is 0 Å². The first-order chi connectivity index (χ1) is 41.9. The van der Waals surface area contributed by atoms with Crippen LogP contribution in [0.5, 0.6) is 0 Å². The molecule has 0 N–H and O–H groups in total. The van der Waals surface area contributed by atoms with E-state index in [0.29, 0.717) is 19.3 Å². The number of unbranched alkanes of at least 4 members (excludes halogenated alkanes) is 1. The van der Waals surface area contributed by atoms with E-state index >= 15 is 0 Å². The van der Waals surface area contributed by atoms with E-state index in [1.807, 2.05) is 19.3 Å². The smallest absolute Gasteiger partial charge is 0.198 e. The number of hydrogen-bond acceptors (Lipinski definition) is 8. The maximum atomic E-state index is 8.27. The maximum Gasteiger partial charge on any atom is 0.198 e. The molecule has 8 nitrogen and oxygen atoms in total. The second kappa shape index (κ2) is 33.6. The zero-order valence-electron chi connectivity index (χ0n) is 60.6. The van der Waals surface area contributed by atoms with E-state index in [1.165, 1.54) is 15.9 Å². The van der Waals surface area contributed by atoms with Gasteiger partial charge in [-0.2, -0.15) is 0 Å². The third-order valence-corrected chi connectivity index (χ3v) is 50.3. The summed E-state index contributed by atoms with van der Waals surface area (Å²) < 4.78 is 63.0. The van der Waals surface area contributed by atoms with Gasteiger partial charge in [0.2, 0.25) is 0 Å². The lowest BCUT2D eigenvalue weighted by Gasteiger charge is -2.58. The van der Waals surface area contributed by atoms with E-state index in [1.54, 1.807) is 0 Å². The molecule has 502 valence electrons. The van der Waals surface area contributed by atoms with Crippen molar-refractivity contribution in [2.75, 3.05) is 13.3 Å². The molecule has 2 fully saturated rings. The molecule has 2 aliphatic heterocycles. The fourth-order valence-electron chi connectivity index (χ4n) is 13.9. The molecule has 0 spiro atoms. The van der Waals surface area contributed by atoms with E-state index in [-0.39, 0.29) is 58.5 Å². The summed E-state index contributed by atoms with van der Waals surface area (Å²) in [6, 6.07) is 43.0. The molecular formula is C75H130O8PSi5+. The molecule has 0 amide bonds. The van der Waals surface area contributed by atoms with Gasteiger partial charge in [0.05, 0.1) is 48.9 Å². The Balaban J connectivity index is 1.75. The SMILES string of the molecule is C=C/C=C/[C@H](CC(=C)C[C@H]1O[C@@H]([C@H](O[Si](CC)(CC)CC)[C@@]2(OC)C[C@H](O[Si](C)(C)C(C)(C)C)[C@H](C)[C@@H](CCCC[P+](c3ccccc3)(c3ccccc3)c3ccccc3)O2)[C@@H](C)[C@@H](O[Si](CC)(CC)CC)[C@H]1O[Si](CC)(CC)CC)O[Si](C)(C)C(C)(C)C. The largest absolute Gasteiger partial charge is 0.413 e. The van der Waals surface area contributed by atoms with Crippen LogP contribution in [0, 0.1) is 11.8 Å². The molecule has 5 rings (SSSR count). The summed E-state index contributed by atoms with van der Waals surface area (Å²) in [5, 5.41) is 4.27. The maximum absolute atomic E-state index is 8.27. The van der Waals surface area contributed by atoms with Crippen LogP contribution in [0.2, 0.25) is 90.7 Å². The van der Waals surface area contributed by atoms with Crippen molar-refractivity contribution in [1.82, 2.24) is 0 Å². The van der Waals surface area contributed by atoms with Crippen molar-refractivity contribution in [3.05, 3.63) is 128 Å². The van der Waals surface area contributed by atoms with Crippen LogP contribution in [-0.2, 0) is 36.3 Å². The molecule has 3 aromatic carbocycles. The Morgan fingerprint density at radius 2 is 1.06 bits per heavy atom. The Kier molecular flexibility index (Phi) is 29.4. The van der Waals surface area contributed by atoms with Crippen molar-refractivity contribution < 1.29 is 36.3 Å². The normalized spacial score (nSPS) is 24.4. The molecule has 11 atom stereocenters. The average molecular weight is 1330 g/mol. The van der Waals surface area contributed by atoms with Gasteiger partial charge in [0.25, 0.3) is 0 Å². The highest BCUT2D eigenvalue weighted by Crippen LogP contribution is 2.57. The summed E-state index contributed by atoms with van der Waals surface area (Å²) in [6.07, 6.45) is 9.18. The van der Waals surface area contributed by atoms with Crippen LogP contribution in [0.4, 0.5) is 0 Å². The number of rotatable bonds is 36. The van der Waals surface area contributed by atoms with E-state index < -0.39 is 66.8 Å². The van der Waals surface area contributed by atoms with Crippen LogP contribution in [0.1, 0.15) is 156 Å². The minimum Gasteiger partial charge on any atom is -0.413 e. The number of hydrogen-bond donors (Lipinski definition) is 0. The fourth-order valence-corrected chi connectivity index (χ4v) is 29.6. The summed E-state index contributed by atoms with van der Waals surface area (Å²) in [7, 11) is -11.8. The Bertz CT molecular complexity index is 2480. The van der Waals surface area contributed by atoms with E-state index in [0.717, 1.165) is 85.4 Å². The Hall–Kier alpha value is -1.93. The lowest BCUT2D eigenvalue weighted by Crippen LogP contribution is -2.70. The van der Waals surface area contributed by atoms with Crippen molar-refractivity contribution in [3.8, 4) is 0 Å². The van der Waals surface area contributed by atoms with Gasteiger partial charge >= 0.3 is 0 Å². The molecular weight excluding hydrogens is 1200 g/mol. The highest BCUT2D eigenvalue weighted by Gasteiger charge is 2.62. The third-order valence-electron chi connectivity index (χ3n) is 22.9. The van der Waals surface area contributed by atoms with Crippen molar-refractivity contribution in [1.29, 1.82) is 0 Å². The Labute approximate surface area is 552 Å². The molecule has 89 heavy (non-hydrogen) atoms. The third kappa shape index (κ3) is 18.6. The minimum atomic E-state index is -2.49. The standard InChI is InChI=1S/C75H130O8PSi5/c1-25-35-47-62(79-85(21,22)73(14,15)16)56-59(11)57-67-71(82-88(29-5,30-6)31-7)69(81-87(26-2,27-3)28-4)61(13)70(77-67)72(83-89(32-8,33-9)34-10)75(76-20)58-68(80-86(23,24)74(17,18)19)60(12)66(78-75)54-45-46-55-84(63-48-39-36-40-49-63,64-50-41-37-42-51-64)65-52-43-38-44-53-65/h25,35-44,47-53,60-62,66-72H,1,11,26-34,45-46,54-58H2,2-10,12-24H3/q+1/b47-35+/t60-,61+,62-,66-,67-,68+,69-,70-,71+,72+,75-/m1/s1. The second-order valence-electron chi connectivity index (χ2n) is 29.8. The summed E-state index contributed by atoms with van der Waals surface area (Å²) in [5.74, 6) is -1.29. The van der Waals surface area contributed by atoms with Crippen LogP contribution in [-0.4, -0.2) is 109 Å². The van der Waals surface area contributed by atoms with Crippen LogP contribution in [0.15, 0.2) is 128 Å². The van der Waals surface area contributed by atoms with Crippen LogP contribution in [0.3, 0.4) is 0 Å². The minimum absolute atomic E-state index is 0.0190. The van der Waals surface area contributed by atoms with E-state index in [2.05, 4.69) is 248 Å². The molecule has 0 aromatic heterocycles. The predicted octanol–water partition coefficient (Wildman–Crippen LogP) is 20.4. The number of methoxy groups -OCH3 is 1. The fraction of sp³-hybridized carbons (Fsp3) is 0.680. The van der Waals surface area contributed by atoms with E-state index in [9.17, 15) is 0 Å². The lowest BCUT2D eigenvalue weighted by molar-refractivity contribution is -0.353. The lowest BCUT2D eigenvalue weighted by atomic mass is 9.78. The molecule has 2 aliphatic rings. The van der Waals surface area contributed by atoms with E-state index in [4.69, 9.17) is 42.9 Å². The highest BCUT2D eigenvalue weighted by atomic mass is 31.2. The molecule has 0 saturated carbocycles. The molecule has 3 aromatic rings. The molecule has 2 heterocycles. The van der Waals surface area contributed by atoms with Crippen LogP contribution < -0.4 is 15.9 Å². The molecule has 0 aliphatic carbocycles. The number of benzene rings is 3. The summed E-state index contributed by atoms with van der Waals surface area (Å²) in [6.45, 7) is 58.5. The Morgan fingerprint density at radius 1 is 0.607 bits per heavy atom. The molecule has 14 heteroatoms. The summed E-state index contributed by atoms with van der Waals surface area (Å²) in [5.41, 5.74) is 1.08. The highest BCUT2D eigenvalue weighted by molar-refractivity contribution is 7.95. The Morgan fingerprint density at radius 3 is 1.47 bits per heavy atom. The van der Waals surface area contributed by atoms with Crippen LogP contribution >= 0.6 is 7.26 Å².